The topological polar surface area (TPSA) is 66.1 Å². The number of thiazole rings is 1. The number of aromatic nitrogens is 2. The molecule has 1 fully saturated rings. The van der Waals surface area contributed by atoms with Crippen molar-refractivity contribution in [3.05, 3.63) is 61.5 Å². The Morgan fingerprint density at radius 1 is 1.26 bits per heavy atom. The van der Waals surface area contributed by atoms with Crippen LogP contribution in [-0.2, 0) is 0 Å². The van der Waals surface area contributed by atoms with E-state index in [1.807, 2.05) is 31.7 Å². The zero-order valence-corrected chi connectivity index (χ0v) is 16.7. The number of piperidine rings is 1. The molecule has 1 amide bonds. The summed E-state index contributed by atoms with van der Waals surface area (Å²) in [7, 11) is 0. The summed E-state index contributed by atoms with van der Waals surface area (Å²) >= 11 is 1.40. The number of nitrogens with zero attached hydrogens (tertiary/aromatic N) is 2. The molecule has 140 valence electrons. The van der Waals surface area contributed by atoms with Crippen LogP contribution in [0.2, 0.25) is 0 Å². The molecular weight excluding hydrogens is 358 g/mol. The standard InChI is InChI=1S/C21H23N3O2S/c1-12-7-13(2)18-16(8-12)9-17(23-20(18)25)15-5-4-6-24(10-15)21(26)19-14(3)22-11-27-19/h7-9,11,15H,4-6,10H2,1-3H3,(H,23,25). The first-order valence-corrected chi connectivity index (χ1v) is 10.2. The van der Waals surface area contributed by atoms with E-state index in [1.54, 1.807) is 5.51 Å². The maximum absolute atomic E-state index is 12.9. The summed E-state index contributed by atoms with van der Waals surface area (Å²) in [5, 5.41) is 1.74. The van der Waals surface area contributed by atoms with Crippen molar-refractivity contribution < 1.29 is 4.79 Å². The summed E-state index contributed by atoms with van der Waals surface area (Å²) in [6.45, 7) is 7.27. The number of H-pyrrole nitrogens is 1. The van der Waals surface area contributed by atoms with Crippen LogP contribution in [0.5, 0.6) is 0 Å². The van der Waals surface area contributed by atoms with E-state index in [0.717, 1.165) is 52.7 Å². The van der Waals surface area contributed by atoms with Gasteiger partial charge in [0.2, 0.25) is 0 Å². The van der Waals surface area contributed by atoms with E-state index >= 15 is 0 Å². The number of rotatable bonds is 2. The van der Waals surface area contributed by atoms with Crippen molar-refractivity contribution in [1.82, 2.24) is 14.9 Å². The molecule has 2 aromatic heterocycles. The average Bonchev–Trinajstić information content (AvgIpc) is 3.06. The lowest BCUT2D eigenvalue weighted by atomic mass is 9.92. The van der Waals surface area contributed by atoms with Gasteiger partial charge < -0.3 is 9.88 Å². The van der Waals surface area contributed by atoms with Crippen LogP contribution in [0.15, 0.2) is 28.5 Å². The molecular formula is C21H23N3O2S. The molecule has 3 aromatic rings. The summed E-state index contributed by atoms with van der Waals surface area (Å²) in [5.41, 5.74) is 5.54. The number of aryl methyl sites for hydroxylation is 3. The number of benzene rings is 1. The Morgan fingerprint density at radius 3 is 2.81 bits per heavy atom. The molecule has 1 atom stereocenters. The van der Waals surface area contributed by atoms with Crippen molar-refractivity contribution in [2.75, 3.05) is 13.1 Å². The Hall–Kier alpha value is -2.47. The van der Waals surface area contributed by atoms with Crippen molar-refractivity contribution in [2.45, 2.75) is 39.5 Å². The first-order chi connectivity index (χ1) is 12.9. The molecule has 0 aliphatic carbocycles. The Kier molecular flexibility index (Phi) is 4.60. The van der Waals surface area contributed by atoms with Crippen molar-refractivity contribution >= 4 is 28.0 Å². The molecule has 6 heteroatoms. The van der Waals surface area contributed by atoms with Crippen molar-refractivity contribution in [3.8, 4) is 0 Å². The number of likely N-dealkylation sites (tertiary alicyclic amines) is 1. The fraction of sp³-hybridized carbons (Fsp3) is 0.381. The molecule has 27 heavy (non-hydrogen) atoms. The van der Waals surface area contributed by atoms with E-state index in [1.165, 1.54) is 11.3 Å². The molecule has 0 radical (unpaired) electrons. The average molecular weight is 382 g/mol. The van der Waals surface area contributed by atoms with Gasteiger partial charge in [-0.2, -0.15) is 0 Å². The SMILES string of the molecule is Cc1cc(C)c2c(=O)[nH]c(C3CCCN(C(=O)c4scnc4C)C3)cc2c1. The lowest BCUT2D eigenvalue weighted by molar-refractivity contribution is 0.0710. The fourth-order valence-corrected chi connectivity index (χ4v) is 4.88. The zero-order chi connectivity index (χ0) is 19.1. The van der Waals surface area contributed by atoms with Crippen LogP contribution in [0.25, 0.3) is 10.8 Å². The maximum atomic E-state index is 12.9. The van der Waals surface area contributed by atoms with Gasteiger partial charge in [-0.15, -0.1) is 11.3 Å². The third-order valence-corrected chi connectivity index (χ3v) is 6.31. The van der Waals surface area contributed by atoms with E-state index in [9.17, 15) is 9.59 Å². The molecule has 5 nitrogen and oxygen atoms in total. The third-order valence-electron chi connectivity index (χ3n) is 5.39. The van der Waals surface area contributed by atoms with Crippen LogP contribution in [0.1, 0.15) is 50.9 Å². The first-order valence-electron chi connectivity index (χ1n) is 9.27. The summed E-state index contributed by atoms with van der Waals surface area (Å²) in [6, 6.07) is 6.19. The molecule has 0 saturated carbocycles. The molecule has 1 aliphatic heterocycles. The van der Waals surface area contributed by atoms with Crippen LogP contribution in [0, 0.1) is 20.8 Å². The van der Waals surface area contributed by atoms with E-state index in [2.05, 4.69) is 22.1 Å². The summed E-state index contributed by atoms with van der Waals surface area (Å²) in [6.07, 6.45) is 1.90. The monoisotopic (exact) mass is 381 g/mol. The van der Waals surface area contributed by atoms with Gasteiger partial charge in [0, 0.05) is 30.1 Å². The van der Waals surface area contributed by atoms with E-state index < -0.39 is 0 Å². The Balaban J connectivity index is 1.66. The highest BCUT2D eigenvalue weighted by atomic mass is 32.1. The molecule has 4 rings (SSSR count). The van der Waals surface area contributed by atoms with Crippen LogP contribution in [0.3, 0.4) is 0 Å². The zero-order valence-electron chi connectivity index (χ0n) is 15.8. The number of carbonyl (C=O) groups is 1. The number of aromatic amines is 1. The van der Waals surface area contributed by atoms with E-state index in [4.69, 9.17) is 0 Å². The molecule has 0 bridgehead atoms. The van der Waals surface area contributed by atoms with Gasteiger partial charge in [-0.3, -0.25) is 9.59 Å². The predicted octanol–water partition coefficient (Wildman–Crippen LogP) is 3.93. The van der Waals surface area contributed by atoms with Crippen LogP contribution < -0.4 is 5.56 Å². The van der Waals surface area contributed by atoms with Gasteiger partial charge in [0.1, 0.15) is 4.88 Å². The minimum absolute atomic E-state index is 0.0400. The van der Waals surface area contributed by atoms with Gasteiger partial charge in [0.25, 0.3) is 11.5 Å². The summed E-state index contributed by atoms with van der Waals surface area (Å²) in [4.78, 5) is 35.4. The normalized spacial score (nSPS) is 17.4. The highest BCUT2D eigenvalue weighted by Crippen LogP contribution is 2.29. The highest BCUT2D eigenvalue weighted by molar-refractivity contribution is 7.11. The second kappa shape index (κ2) is 6.93. The quantitative estimate of drug-likeness (QED) is 0.731. The smallest absolute Gasteiger partial charge is 0.265 e. The lowest BCUT2D eigenvalue weighted by Crippen LogP contribution is -2.39. The number of amides is 1. The molecule has 1 aromatic carbocycles. The number of pyridine rings is 1. The van der Waals surface area contributed by atoms with Gasteiger partial charge in [-0.1, -0.05) is 17.7 Å². The van der Waals surface area contributed by atoms with Gasteiger partial charge in [0.05, 0.1) is 11.2 Å². The number of carbonyl (C=O) groups excluding carboxylic acids is 1. The number of hydrogen-bond donors (Lipinski definition) is 1. The largest absolute Gasteiger partial charge is 0.337 e. The molecule has 1 N–H and O–H groups in total. The van der Waals surface area contributed by atoms with Crippen LogP contribution in [0.4, 0.5) is 0 Å². The molecule has 1 saturated heterocycles. The fourth-order valence-electron chi connectivity index (χ4n) is 4.11. The van der Waals surface area contributed by atoms with Crippen molar-refractivity contribution in [3.63, 3.8) is 0 Å². The van der Waals surface area contributed by atoms with E-state index in [0.29, 0.717) is 11.4 Å². The Bertz CT molecular complexity index is 1080. The third kappa shape index (κ3) is 3.30. The van der Waals surface area contributed by atoms with Gasteiger partial charge >= 0.3 is 0 Å². The van der Waals surface area contributed by atoms with Gasteiger partial charge in [0.15, 0.2) is 0 Å². The highest BCUT2D eigenvalue weighted by Gasteiger charge is 2.28. The summed E-state index contributed by atoms with van der Waals surface area (Å²) in [5.74, 6) is 0.198. The number of hydrogen-bond acceptors (Lipinski definition) is 4. The summed E-state index contributed by atoms with van der Waals surface area (Å²) < 4.78 is 0. The maximum Gasteiger partial charge on any atom is 0.265 e. The minimum atomic E-state index is -0.0400. The number of fused-ring (bicyclic) bond motifs is 1. The molecule has 3 heterocycles. The molecule has 1 unspecified atom stereocenters. The minimum Gasteiger partial charge on any atom is -0.337 e. The molecule has 0 spiro atoms. The Morgan fingerprint density at radius 2 is 2.07 bits per heavy atom. The van der Waals surface area contributed by atoms with E-state index in [-0.39, 0.29) is 17.4 Å². The van der Waals surface area contributed by atoms with Gasteiger partial charge in [-0.05, 0) is 50.6 Å². The van der Waals surface area contributed by atoms with Gasteiger partial charge in [-0.25, -0.2) is 4.98 Å². The molecule has 1 aliphatic rings. The Labute approximate surface area is 162 Å². The second-order valence-corrected chi connectivity index (χ2v) is 8.31. The van der Waals surface area contributed by atoms with Crippen molar-refractivity contribution in [1.29, 1.82) is 0 Å². The van der Waals surface area contributed by atoms with Crippen molar-refractivity contribution in [2.24, 2.45) is 0 Å². The van der Waals surface area contributed by atoms with Crippen LogP contribution in [-0.4, -0.2) is 33.9 Å². The first kappa shape index (κ1) is 17.9. The predicted molar refractivity (Wildman–Crippen MR) is 109 cm³/mol. The van der Waals surface area contributed by atoms with Crippen LogP contribution >= 0.6 is 11.3 Å². The number of nitrogens with one attached hydrogen (secondary N) is 1. The second-order valence-electron chi connectivity index (χ2n) is 7.46. The lowest BCUT2D eigenvalue weighted by Gasteiger charge is -2.32.